The van der Waals surface area contributed by atoms with Gasteiger partial charge in [-0.15, -0.1) is 0 Å². The summed E-state index contributed by atoms with van der Waals surface area (Å²) in [6.45, 7) is 5.21. The van der Waals surface area contributed by atoms with Crippen LogP contribution in [0.2, 0.25) is 0 Å². The number of nitrogens with one attached hydrogen (secondary N) is 1. The quantitative estimate of drug-likeness (QED) is 0.908. The average Bonchev–Trinajstić information content (AvgIpc) is 2.13. The monoisotopic (exact) mass is 273 g/mol. The molecule has 4 nitrogen and oxygen atoms in total. The smallest absolute Gasteiger partial charge is 0.235 e. The molecule has 1 N–H and O–H groups in total. The Labute approximate surface area is 106 Å². The van der Waals surface area contributed by atoms with E-state index in [4.69, 9.17) is 0 Å². The number of carbonyl (C=O) groups excluding carboxylic acids is 1. The third kappa shape index (κ3) is 4.10. The van der Waals surface area contributed by atoms with Gasteiger partial charge in [0, 0.05) is 5.54 Å². The highest BCUT2D eigenvalue weighted by Gasteiger charge is 2.24. The van der Waals surface area contributed by atoms with Crippen LogP contribution in [0.1, 0.15) is 20.8 Å². The number of halogens is 1. The molecule has 0 aliphatic carbocycles. The molecule has 0 unspecified atom stereocenters. The van der Waals surface area contributed by atoms with Crippen molar-refractivity contribution in [3.05, 3.63) is 30.1 Å². The average molecular weight is 273 g/mol. The standard InChI is InChI=1S/C12H16FNO3S/c1-12(2,3)14-11(15)8-18(16,17)10-7-5-4-6-9(10)13/h4-7H,8H2,1-3H3,(H,14,15). The van der Waals surface area contributed by atoms with E-state index in [2.05, 4.69) is 5.32 Å². The van der Waals surface area contributed by atoms with Crippen molar-refractivity contribution >= 4 is 15.7 Å². The molecular formula is C12H16FNO3S. The van der Waals surface area contributed by atoms with Gasteiger partial charge in [0.1, 0.15) is 16.5 Å². The fourth-order valence-corrected chi connectivity index (χ4v) is 2.63. The summed E-state index contributed by atoms with van der Waals surface area (Å²) in [6.07, 6.45) is 0. The minimum atomic E-state index is -3.95. The lowest BCUT2D eigenvalue weighted by atomic mass is 10.1. The zero-order valence-electron chi connectivity index (χ0n) is 10.5. The summed E-state index contributed by atoms with van der Waals surface area (Å²) in [4.78, 5) is 11.1. The summed E-state index contributed by atoms with van der Waals surface area (Å²) in [5.74, 6) is -2.25. The van der Waals surface area contributed by atoms with Gasteiger partial charge >= 0.3 is 0 Å². The zero-order chi connectivity index (χ0) is 14.0. The first-order chi connectivity index (χ1) is 8.12. The molecule has 0 aromatic heterocycles. The SMILES string of the molecule is CC(C)(C)NC(=O)CS(=O)(=O)c1ccccc1F. The predicted octanol–water partition coefficient (Wildman–Crippen LogP) is 1.51. The van der Waals surface area contributed by atoms with Crippen LogP contribution in [0.15, 0.2) is 29.2 Å². The highest BCUT2D eigenvalue weighted by atomic mass is 32.2. The predicted molar refractivity (Wildman–Crippen MR) is 66.3 cm³/mol. The Balaban J connectivity index is 2.91. The molecule has 0 saturated carbocycles. The van der Waals surface area contributed by atoms with Crippen molar-refractivity contribution in [1.82, 2.24) is 5.32 Å². The van der Waals surface area contributed by atoms with Crippen molar-refractivity contribution < 1.29 is 17.6 Å². The molecule has 0 radical (unpaired) electrons. The number of carbonyl (C=O) groups is 1. The maximum atomic E-state index is 13.4. The first-order valence-electron chi connectivity index (χ1n) is 5.40. The van der Waals surface area contributed by atoms with Crippen molar-refractivity contribution in [3.63, 3.8) is 0 Å². The Kier molecular flexibility index (Phi) is 4.11. The Hall–Kier alpha value is -1.43. The van der Waals surface area contributed by atoms with Crippen LogP contribution in [-0.4, -0.2) is 25.6 Å². The molecule has 1 aromatic carbocycles. The second-order valence-electron chi connectivity index (χ2n) is 4.99. The van der Waals surface area contributed by atoms with Gasteiger partial charge in [0.2, 0.25) is 5.91 Å². The molecule has 0 saturated heterocycles. The highest BCUT2D eigenvalue weighted by Crippen LogP contribution is 2.15. The van der Waals surface area contributed by atoms with E-state index in [0.29, 0.717) is 0 Å². The number of hydrogen-bond donors (Lipinski definition) is 1. The fourth-order valence-electron chi connectivity index (χ4n) is 1.40. The first kappa shape index (κ1) is 14.6. The molecule has 18 heavy (non-hydrogen) atoms. The molecule has 0 spiro atoms. The number of rotatable bonds is 3. The van der Waals surface area contributed by atoms with E-state index in [1.807, 2.05) is 0 Å². The van der Waals surface area contributed by atoms with Crippen LogP contribution in [-0.2, 0) is 14.6 Å². The maximum absolute atomic E-state index is 13.4. The summed E-state index contributed by atoms with van der Waals surface area (Å²) in [5, 5.41) is 2.52. The Morgan fingerprint density at radius 2 is 1.83 bits per heavy atom. The van der Waals surface area contributed by atoms with E-state index in [-0.39, 0.29) is 0 Å². The normalized spacial score (nSPS) is 12.2. The van der Waals surface area contributed by atoms with Crippen LogP contribution in [0.25, 0.3) is 0 Å². The summed E-state index contributed by atoms with van der Waals surface area (Å²) in [5.41, 5.74) is -0.526. The van der Waals surface area contributed by atoms with Gasteiger partial charge in [-0.1, -0.05) is 12.1 Å². The summed E-state index contributed by atoms with van der Waals surface area (Å²) >= 11 is 0. The highest BCUT2D eigenvalue weighted by molar-refractivity contribution is 7.92. The number of benzene rings is 1. The largest absolute Gasteiger partial charge is 0.351 e. The van der Waals surface area contributed by atoms with Gasteiger partial charge < -0.3 is 5.32 Å². The number of sulfone groups is 1. The van der Waals surface area contributed by atoms with E-state index in [1.54, 1.807) is 20.8 Å². The molecule has 0 aliphatic rings. The van der Waals surface area contributed by atoms with Gasteiger partial charge in [-0.3, -0.25) is 4.79 Å². The van der Waals surface area contributed by atoms with Gasteiger partial charge in [-0.2, -0.15) is 0 Å². The van der Waals surface area contributed by atoms with E-state index < -0.39 is 37.7 Å². The summed E-state index contributed by atoms with van der Waals surface area (Å²) < 4.78 is 37.1. The van der Waals surface area contributed by atoms with E-state index in [0.717, 1.165) is 12.1 Å². The van der Waals surface area contributed by atoms with Crippen LogP contribution in [0.5, 0.6) is 0 Å². The van der Waals surface area contributed by atoms with Crippen LogP contribution in [0.4, 0.5) is 4.39 Å². The molecule has 0 bridgehead atoms. The van der Waals surface area contributed by atoms with Crippen molar-refractivity contribution in [2.24, 2.45) is 0 Å². The van der Waals surface area contributed by atoms with E-state index in [1.165, 1.54) is 12.1 Å². The molecule has 1 amide bonds. The topological polar surface area (TPSA) is 63.2 Å². The Bertz CT molecular complexity index is 547. The third-order valence-corrected chi connectivity index (χ3v) is 3.65. The van der Waals surface area contributed by atoms with Crippen LogP contribution in [0, 0.1) is 5.82 Å². The Morgan fingerprint density at radius 1 is 1.28 bits per heavy atom. The number of hydrogen-bond acceptors (Lipinski definition) is 3. The second kappa shape index (κ2) is 5.06. The summed E-state index contributed by atoms with van der Waals surface area (Å²) in [7, 11) is -3.95. The molecular weight excluding hydrogens is 257 g/mol. The minimum absolute atomic E-state index is 0.450. The molecule has 1 rings (SSSR count). The van der Waals surface area contributed by atoms with E-state index >= 15 is 0 Å². The Morgan fingerprint density at radius 3 is 2.33 bits per heavy atom. The van der Waals surface area contributed by atoms with Crippen molar-refractivity contribution in [2.45, 2.75) is 31.2 Å². The maximum Gasteiger partial charge on any atom is 0.235 e. The molecule has 0 atom stereocenters. The molecule has 0 fully saturated rings. The van der Waals surface area contributed by atoms with Gasteiger partial charge in [-0.25, -0.2) is 12.8 Å². The number of amides is 1. The van der Waals surface area contributed by atoms with Crippen molar-refractivity contribution in [3.8, 4) is 0 Å². The molecule has 1 aromatic rings. The lowest BCUT2D eigenvalue weighted by molar-refractivity contribution is -0.120. The second-order valence-corrected chi connectivity index (χ2v) is 6.95. The van der Waals surface area contributed by atoms with Gasteiger partial charge in [0.05, 0.1) is 0 Å². The molecule has 0 heterocycles. The van der Waals surface area contributed by atoms with Crippen LogP contribution >= 0.6 is 0 Å². The van der Waals surface area contributed by atoms with Crippen molar-refractivity contribution in [1.29, 1.82) is 0 Å². The minimum Gasteiger partial charge on any atom is -0.351 e. The van der Waals surface area contributed by atoms with Gasteiger partial charge in [-0.05, 0) is 32.9 Å². The molecule has 6 heteroatoms. The summed E-state index contributed by atoms with van der Waals surface area (Å²) in [6, 6.07) is 5.00. The first-order valence-corrected chi connectivity index (χ1v) is 7.05. The zero-order valence-corrected chi connectivity index (χ0v) is 11.3. The van der Waals surface area contributed by atoms with E-state index in [9.17, 15) is 17.6 Å². The lowest BCUT2D eigenvalue weighted by Gasteiger charge is -2.20. The van der Waals surface area contributed by atoms with Crippen LogP contribution < -0.4 is 5.32 Å². The third-order valence-electron chi connectivity index (χ3n) is 2.01. The van der Waals surface area contributed by atoms with Crippen molar-refractivity contribution in [2.75, 3.05) is 5.75 Å². The van der Waals surface area contributed by atoms with Gasteiger partial charge in [0.15, 0.2) is 9.84 Å². The van der Waals surface area contributed by atoms with Gasteiger partial charge in [0.25, 0.3) is 0 Å². The lowest BCUT2D eigenvalue weighted by Crippen LogP contribution is -2.43. The van der Waals surface area contributed by atoms with Crippen LogP contribution in [0.3, 0.4) is 0 Å². The molecule has 0 aliphatic heterocycles. The fraction of sp³-hybridized carbons (Fsp3) is 0.417. The molecule has 100 valence electrons.